The van der Waals surface area contributed by atoms with Gasteiger partial charge in [-0.05, 0) is 19.8 Å². The quantitative estimate of drug-likeness (QED) is 0.716. The van der Waals surface area contributed by atoms with Crippen molar-refractivity contribution in [3.8, 4) is 11.3 Å². The highest BCUT2D eigenvalue weighted by atomic mass is 16.3. The van der Waals surface area contributed by atoms with Gasteiger partial charge in [0.2, 0.25) is 0 Å². The number of anilines is 1. The van der Waals surface area contributed by atoms with Crippen LogP contribution in [0.4, 0.5) is 5.82 Å². The number of rotatable bonds is 4. The van der Waals surface area contributed by atoms with Crippen molar-refractivity contribution in [3.05, 3.63) is 54.1 Å². The van der Waals surface area contributed by atoms with Crippen LogP contribution in [0.3, 0.4) is 0 Å². The smallest absolute Gasteiger partial charge is 0.156 e. The molecule has 2 N–H and O–H groups in total. The van der Waals surface area contributed by atoms with Crippen LogP contribution in [-0.4, -0.2) is 33.2 Å². The maximum Gasteiger partial charge on any atom is 0.156 e. The van der Waals surface area contributed by atoms with E-state index in [1.807, 2.05) is 43.3 Å². The van der Waals surface area contributed by atoms with Gasteiger partial charge in [-0.15, -0.1) is 10.2 Å². The van der Waals surface area contributed by atoms with Gasteiger partial charge in [-0.1, -0.05) is 48.5 Å². The molecule has 1 saturated carbocycles. The maximum atomic E-state index is 10.8. The summed E-state index contributed by atoms with van der Waals surface area (Å²) in [7, 11) is 0. The predicted octanol–water partition coefficient (Wildman–Crippen LogP) is 3.43. The minimum absolute atomic E-state index is 0.213. The molecule has 1 heterocycles. The fourth-order valence-corrected chi connectivity index (χ4v) is 3.44. The minimum Gasteiger partial charge on any atom is -0.390 e. The Morgan fingerprint density at radius 2 is 1.76 bits per heavy atom. The highest BCUT2D eigenvalue weighted by Gasteiger charge is 2.38. The van der Waals surface area contributed by atoms with Crippen molar-refractivity contribution in [3.63, 3.8) is 0 Å². The Morgan fingerprint density at radius 1 is 1.08 bits per heavy atom. The van der Waals surface area contributed by atoms with Gasteiger partial charge in [0.25, 0.3) is 0 Å². The normalized spacial score (nSPS) is 22.4. The lowest BCUT2D eigenvalue weighted by Crippen LogP contribution is -2.48. The molecule has 0 aliphatic heterocycles. The molecule has 0 radical (unpaired) electrons. The summed E-state index contributed by atoms with van der Waals surface area (Å²) < 4.78 is 0. The van der Waals surface area contributed by atoms with Crippen molar-refractivity contribution in [2.45, 2.75) is 31.4 Å². The number of carbonyl (C=O) groups excluding carboxylic acids is 1. The highest BCUT2D eigenvalue weighted by Crippen LogP contribution is 2.36. The van der Waals surface area contributed by atoms with Gasteiger partial charge in [-0.3, -0.25) is 4.79 Å². The number of benzene rings is 2. The monoisotopic (exact) mass is 333 g/mol. The second-order valence-corrected chi connectivity index (χ2v) is 6.93. The number of aromatic nitrogens is 2. The number of hydrogen-bond donors (Lipinski definition) is 2. The van der Waals surface area contributed by atoms with Gasteiger partial charge in [0, 0.05) is 27.9 Å². The molecule has 1 aromatic heterocycles. The fraction of sp³-hybridized carbons (Fsp3) is 0.250. The molecule has 0 atom stereocenters. The lowest BCUT2D eigenvalue weighted by molar-refractivity contribution is -0.0235. The number of hydrogen-bond acceptors (Lipinski definition) is 5. The first-order valence-corrected chi connectivity index (χ1v) is 8.36. The largest absolute Gasteiger partial charge is 0.390 e. The van der Waals surface area contributed by atoms with E-state index in [9.17, 15) is 9.90 Å². The van der Waals surface area contributed by atoms with E-state index in [-0.39, 0.29) is 6.04 Å². The van der Waals surface area contributed by atoms with E-state index in [1.54, 1.807) is 12.1 Å². The molecular weight excluding hydrogens is 314 g/mol. The van der Waals surface area contributed by atoms with Crippen LogP contribution in [-0.2, 0) is 0 Å². The molecule has 126 valence electrons. The molecule has 1 fully saturated rings. The minimum atomic E-state index is -0.582. The molecule has 25 heavy (non-hydrogen) atoms. The molecule has 0 saturated heterocycles. The van der Waals surface area contributed by atoms with Gasteiger partial charge < -0.3 is 10.4 Å². The van der Waals surface area contributed by atoms with Crippen LogP contribution in [0.2, 0.25) is 0 Å². The molecule has 1 aliphatic rings. The standard InChI is InChI=1S/C20H19N3O2/c1-20(25)10-15(11-20)21-19-17-5-3-2-4-16(17)18(22-23-19)14-8-6-13(12-24)7-9-14/h2-9,12,15,25H,10-11H2,1H3,(H,21,23)/t15-,20+. The summed E-state index contributed by atoms with van der Waals surface area (Å²) in [6, 6.07) is 15.5. The predicted molar refractivity (Wildman–Crippen MR) is 97.6 cm³/mol. The molecular formula is C20H19N3O2. The summed E-state index contributed by atoms with van der Waals surface area (Å²) in [6.07, 6.45) is 2.24. The van der Waals surface area contributed by atoms with Crippen molar-refractivity contribution >= 4 is 22.9 Å². The lowest BCUT2D eigenvalue weighted by Gasteiger charge is -2.41. The van der Waals surface area contributed by atoms with Crippen molar-refractivity contribution in [2.75, 3.05) is 5.32 Å². The first-order valence-electron chi connectivity index (χ1n) is 8.36. The van der Waals surface area contributed by atoms with Crippen LogP contribution in [0.15, 0.2) is 48.5 Å². The van der Waals surface area contributed by atoms with Crippen LogP contribution in [0, 0.1) is 0 Å². The van der Waals surface area contributed by atoms with E-state index in [2.05, 4.69) is 15.5 Å². The third-order valence-electron chi connectivity index (χ3n) is 4.72. The van der Waals surface area contributed by atoms with Gasteiger partial charge in [0.1, 0.15) is 12.0 Å². The molecule has 2 aromatic carbocycles. The van der Waals surface area contributed by atoms with E-state index in [0.29, 0.717) is 18.4 Å². The molecule has 0 spiro atoms. The molecule has 0 bridgehead atoms. The summed E-state index contributed by atoms with van der Waals surface area (Å²) in [5.41, 5.74) is 1.77. The van der Waals surface area contributed by atoms with Crippen LogP contribution >= 0.6 is 0 Å². The highest BCUT2D eigenvalue weighted by molar-refractivity contribution is 6.00. The zero-order valence-electron chi connectivity index (χ0n) is 13.9. The summed E-state index contributed by atoms with van der Waals surface area (Å²) in [5.74, 6) is 0.740. The number of nitrogens with one attached hydrogen (secondary N) is 1. The SMILES string of the molecule is C[C@]1(O)C[C@@H](Nc2nnc(-c3ccc(C=O)cc3)c3ccccc23)C1. The number of fused-ring (bicyclic) bond motifs is 1. The van der Waals surface area contributed by atoms with Crippen molar-refractivity contribution in [1.29, 1.82) is 0 Å². The van der Waals surface area contributed by atoms with Crippen molar-refractivity contribution in [1.82, 2.24) is 10.2 Å². The van der Waals surface area contributed by atoms with Crippen LogP contribution in [0.1, 0.15) is 30.1 Å². The van der Waals surface area contributed by atoms with E-state index >= 15 is 0 Å². The van der Waals surface area contributed by atoms with Gasteiger partial charge in [-0.2, -0.15) is 0 Å². The Labute approximate surface area is 145 Å². The summed E-state index contributed by atoms with van der Waals surface area (Å²) in [6.45, 7) is 1.85. The number of aldehydes is 1. The van der Waals surface area contributed by atoms with E-state index < -0.39 is 5.60 Å². The van der Waals surface area contributed by atoms with E-state index in [1.165, 1.54) is 0 Å². The van der Waals surface area contributed by atoms with Gasteiger partial charge in [0.15, 0.2) is 5.82 Å². The third kappa shape index (κ3) is 2.98. The Balaban J connectivity index is 1.72. The Hall–Kier alpha value is -2.79. The molecule has 4 rings (SSSR count). The summed E-state index contributed by atoms with van der Waals surface area (Å²) >= 11 is 0. The van der Waals surface area contributed by atoms with Crippen LogP contribution in [0.5, 0.6) is 0 Å². The lowest BCUT2D eigenvalue weighted by atomic mass is 9.77. The van der Waals surface area contributed by atoms with Crippen LogP contribution < -0.4 is 5.32 Å². The summed E-state index contributed by atoms with van der Waals surface area (Å²) in [5, 5.41) is 24.1. The average molecular weight is 333 g/mol. The first kappa shape index (κ1) is 15.7. The van der Waals surface area contributed by atoms with Crippen molar-refractivity contribution in [2.24, 2.45) is 0 Å². The topological polar surface area (TPSA) is 75.1 Å². The van der Waals surface area contributed by atoms with Gasteiger partial charge >= 0.3 is 0 Å². The van der Waals surface area contributed by atoms with Gasteiger partial charge in [-0.25, -0.2) is 0 Å². The van der Waals surface area contributed by atoms with E-state index in [4.69, 9.17) is 0 Å². The average Bonchev–Trinajstić information content (AvgIpc) is 2.60. The van der Waals surface area contributed by atoms with Gasteiger partial charge in [0.05, 0.1) is 5.60 Å². The third-order valence-corrected chi connectivity index (χ3v) is 4.72. The van der Waals surface area contributed by atoms with Crippen molar-refractivity contribution < 1.29 is 9.90 Å². The maximum absolute atomic E-state index is 10.8. The Kier molecular flexibility index (Phi) is 3.73. The fourth-order valence-electron chi connectivity index (χ4n) is 3.44. The number of carbonyl (C=O) groups is 1. The molecule has 3 aromatic rings. The molecule has 0 unspecified atom stereocenters. The zero-order chi connectivity index (χ0) is 17.4. The molecule has 5 nitrogen and oxygen atoms in total. The molecule has 0 amide bonds. The number of nitrogens with zero attached hydrogens (tertiary/aromatic N) is 2. The van der Waals surface area contributed by atoms with Crippen LogP contribution in [0.25, 0.3) is 22.0 Å². The first-order chi connectivity index (χ1) is 12.1. The number of aliphatic hydroxyl groups is 1. The zero-order valence-corrected chi connectivity index (χ0v) is 13.9. The second kappa shape index (κ2) is 5.93. The Bertz CT molecular complexity index is 927. The summed E-state index contributed by atoms with van der Waals surface area (Å²) in [4.78, 5) is 10.8. The molecule has 1 aliphatic carbocycles. The molecule has 5 heteroatoms. The van der Waals surface area contributed by atoms with E-state index in [0.717, 1.165) is 34.1 Å². The Morgan fingerprint density at radius 3 is 2.40 bits per heavy atom. The second-order valence-electron chi connectivity index (χ2n) is 6.93.